The van der Waals surface area contributed by atoms with E-state index in [0.29, 0.717) is 5.92 Å². The fourth-order valence-corrected chi connectivity index (χ4v) is 1.46. The monoisotopic (exact) mass is 210 g/mol. The molecule has 0 bridgehead atoms. The molecule has 4 nitrogen and oxygen atoms in total. The van der Waals surface area contributed by atoms with Gasteiger partial charge in [0.05, 0.1) is 12.4 Å². The van der Waals surface area contributed by atoms with Crippen LogP contribution in [0, 0.1) is 5.92 Å². The van der Waals surface area contributed by atoms with E-state index in [1.807, 2.05) is 0 Å². The molecule has 0 radical (unpaired) electrons. The minimum atomic E-state index is 0.250. The summed E-state index contributed by atoms with van der Waals surface area (Å²) in [7, 11) is 0. The number of halogens is 1. The van der Waals surface area contributed by atoms with E-state index in [2.05, 4.69) is 28.9 Å². The van der Waals surface area contributed by atoms with Crippen LogP contribution in [0.5, 0.6) is 0 Å². The van der Waals surface area contributed by atoms with Gasteiger partial charge < -0.3 is 0 Å². The molecule has 0 atom stereocenters. The van der Waals surface area contributed by atoms with Gasteiger partial charge in [0.25, 0.3) is 0 Å². The molecule has 0 aliphatic heterocycles. The standard InChI is InChI=1S/C9H11ClN4/c1-6(2)3-8-11-4-7-5-12-9(10)13-14(7)8/h4-6H,3H2,1-2H3. The van der Waals surface area contributed by atoms with Gasteiger partial charge in [-0.2, -0.15) is 0 Å². The predicted octanol–water partition coefficient (Wildman–Crippen LogP) is 1.98. The Bertz CT molecular complexity index is 449. The summed E-state index contributed by atoms with van der Waals surface area (Å²) >= 11 is 5.71. The third kappa shape index (κ3) is 1.70. The topological polar surface area (TPSA) is 43.1 Å². The molecule has 0 amide bonds. The van der Waals surface area contributed by atoms with E-state index in [4.69, 9.17) is 11.6 Å². The summed E-state index contributed by atoms with van der Waals surface area (Å²) in [5.74, 6) is 1.48. The molecule has 2 aromatic heterocycles. The Morgan fingerprint density at radius 2 is 2.07 bits per heavy atom. The van der Waals surface area contributed by atoms with Gasteiger partial charge >= 0.3 is 0 Å². The van der Waals surface area contributed by atoms with E-state index in [1.165, 1.54) is 0 Å². The van der Waals surface area contributed by atoms with Gasteiger partial charge in [-0.3, -0.25) is 0 Å². The number of imidazole rings is 1. The Hall–Kier alpha value is -1.16. The van der Waals surface area contributed by atoms with Gasteiger partial charge in [0.1, 0.15) is 11.3 Å². The summed E-state index contributed by atoms with van der Waals surface area (Å²) in [5.41, 5.74) is 0.880. The highest BCUT2D eigenvalue weighted by Gasteiger charge is 2.07. The molecule has 2 heterocycles. The zero-order chi connectivity index (χ0) is 10.1. The maximum absolute atomic E-state index is 5.71. The van der Waals surface area contributed by atoms with Gasteiger partial charge in [0, 0.05) is 6.42 Å². The average Bonchev–Trinajstić information content (AvgIpc) is 2.47. The highest BCUT2D eigenvalue weighted by atomic mass is 35.5. The van der Waals surface area contributed by atoms with Crippen molar-refractivity contribution in [1.82, 2.24) is 19.6 Å². The first kappa shape index (κ1) is 9.40. The lowest BCUT2D eigenvalue weighted by Gasteiger charge is -2.02. The number of rotatable bonds is 2. The molecular weight excluding hydrogens is 200 g/mol. The van der Waals surface area contributed by atoms with Crippen molar-refractivity contribution >= 4 is 17.1 Å². The summed E-state index contributed by atoms with van der Waals surface area (Å²) < 4.78 is 1.75. The molecule has 0 aromatic carbocycles. The van der Waals surface area contributed by atoms with Crippen molar-refractivity contribution in [3.05, 3.63) is 23.5 Å². The molecule has 0 N–H and O–H groups in total. The Kier molecular flexibility index (Phi) is 2.37. The lowest BCUT2D eigenvalue weighted by molar-refractivity contribution is 0.607. The molecule has 5 heteroatoms. The highest BCUT2D eigenvalue weighted by molar-refractivity contribution is 6.28. The van der Waals surface area contributed by atoms with Crippen molar-refractivity contribution in [2.75, 3.05) is 0 Å². The fourth-order valence-electron chi connectivity index (χ4n) is 1.33. The molecule has 0 aliphatic carbocycles. The number of aromatic nitrogens is 4. The van der Waals surface area contributed by atoms with Gasteiger partial charge in [0.15, 0.2) is 0 Å². The van der Waals surface area contributed by atoms with Crippen molar-refractivity contribution in [3.8, 4) is 0 Å². The maximum Gasteiger partial charge on any atom is 0.241 e. The molecule has 2 rings (SSSR count). The van der Waals surface area contributed by atoms with E-state index < -0.39 is 0 Å². The Labute approximate surface area is 86.9 Å². The first-order valence-electron chi connectivity index (χ1n) is 4.52. The largest absolute Gasteiger partial charge is 0.241 e. The zero-order valence-corrected chi connectivity index (χ0v) is 8.86. The van der Waals surface area contributed by atoms with Gasteiger partial charge in [-0.25, -0.2) is 14.5 Å². The van der Waals surface area contributed by atoms with Gasteiger partial charge in [-0.15, -0.1) is 5.10 Å². The molecule has 0 saturated carbocycles. The quantitative estimate of drug-likeness (QED) is 0.761. The van der Waals surface area contributed by atoms with Gasteiger partial charge in [-0.05, 0) is 17.5 Å². The van der Waals surface area contributed by atoms with E-state index in [1.54, 1.807) is 16.9 Å². The van der Waals surface area contributed by atoms with Crippen LogP contribution in [0.2, 0.25) is 5.28 Å². The molecule has 0 aliphatic rings. The van der Waals surface area contributed by atoms with Crippen molar-refractivity contribution in [2.24, 2.45) is 5.92 Å². The molecule has 2 aromatic rings. The summed E-state index contributed by atoms with van der Waals surface area (Å²) in [6, 6.07) is 0. The Balaban J connectivity index is 2.50. The summed E-state index contributed by atoms with van der Waals surface area (Å²) in [5, 5.41) is 4.35. The van der Waals surface area contributed by atoms with E-state index in [9.17, 15) is 0 Å². The number of nitrogens with zero attached hydrogens (tertiary/aromatic N) is 4. The average molecular weight is 211 g/mol. The SMILES string of the molecule is CC(C)Cc1ncc2cnc(Cl)nn12. The summed E-state index contributed by atoms with van der Waals surface area (Å²) in [4.78, 5) is 8.17. The minimum absolute atomic E-state index is 0.250. The van der Waals surface area contributed by atoms with Gasteiger partial charge in [0.2, 0.25) is 5.28 Å². The van der Waals surface area contributed by atoms with Crippen LogP contribution in [0.1, 0.15) is 19.7 Å². The smallest absolute Gasteiger partial charge is 0.239 e. The number of hydrogen-bond donors (Lipinski definition) is 0. The lowest BCUT2D eigenvalue weighted by atomic mass is 10.1. The normalized spacial score (nSPS) is 11.4. The zero-order valence-electron chi connectivity index (χ0n) is 8.11. The first-order chi connectivity index (χ1) is 6.66. The van der Waals surface area contributed by atoms with Gasteiger partial charge in [-0.1, -0.05) is 13.8 Å². The van der Waals surface area contributed by atoms with Crippen molar-refractivity contribution in [2.45, 2.75) is 20.3 Å². The molecule has 74 valence electrons. The third-order valence-electron chi connectivity index (χ3n) is 1.91. The van der Waals surface area contributed by atoms with Crippen LogP contribution < -0.4 is 0 Å². The second-order valence-corrected chi connectivity index (χ2v) is 3.97. The third-order valence-corrected chi connectivity index (χ3v) is 2.08. The molecule has 0 saturated heterocycles. The summed E-state index contributed by atoms with van der Waals surface area (Å²) in [6.07, 6.45) is 4.32. The molecule has 0 unspecified atom stereocenters. The Morgan fingerprint density at radius 3 is 2.79 bits per heavy atom. The molecule has 0 spiro atoms. The second kappa shape index (κ2) is 3.53. The van der Waals surface area contributed by atoms with Crippen LogP contribution in [0.25, 0.3) is 5.52 Å². The van der Waals surface area contributed by atoms with E-state index >= 15 is 0 Å². The van der Waals surface area contributed by atoms with Crippen molar-refractivity contribution in [3.63, 3.8) is 0 Å². The predicted molar refractivity (Wildman–Crippen MR) is 54.3 cm³/mol. The van der Waals surface area contributed by atoms with Crippen LogP contribution >= 0.6 is 11.6 Å². The molecule has 14 heavy (non-hydrogen) atoms. The van der Waals surface area contributed by atoms with Crippen LogP contribution in [0.3, 0.4) is 0 Å². The van der Waals surface area contributed by atoms with E-state index in [0.717, 1.165) is 17.8 Å². The maximum atomic E-state index is 5.71. The highest BCUT2D eigenvalue weighted by Crippen LogP contribution is 2.10. The van der Waals surface area contributed by atoms with Crippen LogP contribution in [0.4, 0.5) is 0 Å². The second-order valence-electron chi connectivity index (χ2n) is 3.64. The van der Waals surface area contributed by atoms with E-state index in [-0.39, 0.29) is 5.28 Å². The van der Waals surface area contributed by atoms with Crippen molar-refractivity contribution in [1.29, 1.82) is 0 Å². The Morgan fingerprint density at radius 1 is 1.36 bits per heavy atom. The lowest BCUT2D eigenvalue weighted by Crippen LogP contribution is -2.03. The minimum Gasteiger partial charge on any atom is -0.239 e. The number of fused-ring (bicyclic) bond motifs is 1. The molecular formula is C9H11ClN4. The fraction of sp³-hybridized carbons (Fsp3) is 0.444. The van der Waals surface area contributed by atoms with Crippen LogP contribution in [-0.4, -0.2) is 19.6 Å². The molecule has 0 fully saturated rings. The van der Waals surface area contributed by atoms with Crippen molar-refractivity contribution < 1.29 is 0 Å². The van der Waals surface area contributed by atoms with Crippen LogP contribution in [0.15, 0.2) is 12.4 Å². The number of hydrogen-bond acceptors (Lipinski definition) is 3. The van der Waals surface area contributed by atoms with Crippen LogP contribution in [-0.2, 0) is 6.42 Å². The summed E-state index contributed by atoms with van der Waals surface area (Å²) in [6.45, 7) is 4.29. The first-order valence-corrected chi connectivity index (χ1v) is 4.90.